The summed E-state index contributed by atoms with van der Waals surface area (Å²) in [5, 5.41) is 7.53. The fraction of sp³-hybridized carbons (Fsp3) is 0.190. The molecule has 0 unspecified atom stereocenters. The highest BCUT2D eigenvalue weighted by molar-refractivity contribution is 6.34. The van der Waals surface area contributed by atoms with Gasteiger partial charge in [-0.2, -0.15) is 0 Å². The van der Waals surface area contributed by atoms with Crippen molar-refractivity contribution in [3.05, 3.63) is 64.9 Å². The van der Waals surface area contributed by atoms with Crippen molar-refractivity contribution in [1.82, 2.24) is 10.3 Å². The summed E-state index contributed by atoms with van der Waals surface area (Å²) in [4.78, 5) is 29.5. The van der Waals surface area contributed by atoms with Gasteiger partial charge in [0.05, 0.1) is 18.4 Å². The second-order valence-corrected chi connectivity index (χ2v) is 6.99. The average Bonchev–Trinajstić information content (AvgIpc) is 3.52. The van der Waals surface area contributed by atoms with Gasteiger partial charge >= 0.3 is 0 Å². The molecule has 0 atom stereocenters. The number of carbonyl (C=O) groups is 2. The summed E-state index contributed by atoms with van der Waals surface area (Å²) in [5.74, 6) is -0.162. The number of aromatic nitrogens is 1. The van der Waals surface area contributed by atoms with Crippen LogP contribution in [0.5, 0.6) is 5.75 Å². The Morgan fingerprint density at radius 3 is 2.64 bits per heavy atom. The zero-order valence-corrected chi connectivity index (χ0v) is 15.9. The number of pyridine rings is 1. The molecule has 4 rings (SSSR count). The number of benzene rings is 2. The Labute approximate surface area is 166 Å². The molecule has 6 nitrogen and oxygen atoms in total. The van der Waals surface area contributed by atoms with Crippen molar-refractivity contribution in [2.75, 3.05) is 12.4 Å². The Balaban J connectivity index is 1.64. The van der Waals surface area contributed by atoms with Crippen LogP contribution in [0.25, 0.3) is 10.8 Å². The van der Waals surface area contributed by atoms with Gasteiger partial charge in [0.15, 0.2) is 0 Å². The van der Waals surface area contributed by atoms with Gasteiger partial charge in [0.25, 0.3) is 11.8 Å². The number of nitrogens with zero attached hydrogens (tertiary/aromatic N) is 1. The first-order chi connectivity index (χ1) is 13.5. The van der Waals surface area contributed by atoms with Crippen LogP contribution in [0.15, 0.2) is 48.5 Å². The summed E-state index contributed by atoms with van der Waals surface area (Å²) in [6, 6.07) is 14.2. The molecular formula is C21H18ClN3O3. The van der Waals surface area contributed by atoms with Gasteiger partial charge in [-0.1, -0.05) is 35.9 Å². The zero-order chi connectivity index (χ0) is 19.7. The number of anilines is 1. The molecule has 0 aliphatic heterocycles. The molecule has 1 aromatic heterocycles. The van der Waals surface area contributed by atoms with E-state index in [9.17, 15) is 9.59 Å². The Hall–Kier alpha value is -3.12. The third-order valence-electron chi connectivity index (χ3n) is 4.56. The van der Waals surface area contributed by atoms with Crippen LogP contribution in [0.1, 0.15) is 33.7 Å². The molecule has 0 radical (unpaired) electrons. The quantitative estimate of drug-likeness (QED) is 0.639. The maximum atomic E-state index is 12.8. The van der Waals surface area contributed by atoms with Crippen LogP contribution in [0.3, 0.4) is 0 Å². The van der Waals surface area contributed by atoms with Crippen LogP contribution < -0.4 is 15.4 Å². The number of fused-ring (bicyclic) bond motifs is 1. The molecule has 1 heterocycles. The van der Waals surface area contributed by atoms with Crippen molar-refractivity contribution >= 4 is 39.9 Å². The van der Waals surface area contributed by atoms with E-state index in [-0.39, 0.29) is 22.8 Å². The van der Waals surface area contributed by atoms with Gasteiger partial charge < -0.3 is 15.4 Å². The number of nitrogens with one attached hydrogen (secondary N) is 2. The van der Waals surface area contributed by atoms with E-state index >= 15 is 0 Å². The number of hydrogen-bond acceptors (Lipinski definition) is 4. The summed E-state index contributed by atoms with van der Waals surface area (Å²) >= 11 is 6.22. The molecule has 0 saturated heterocycles. The lowest BCUT2D eigenvalue weighted by atomic mass is 10.1. The van der Waals surface area contributed by atoms with Gasteiger partial charge in [0.2, 0.25) is 0 Å². The van der Waals surface area contributed by atoms with Crippen molar-refractivity contribution in [1.29, 1.82) is 0 Å². The van der Waals surface area contributed by atoms with Crippen LogP contribution >= 0.6 is 11.6 Å². The Morgan fingerprint density at radius 2 is 1.89 bits per heavy atom. The normalized spacial score (nSPS) is 13.2. The Morgan fingerprint density at radius 1 is 1.11 bits per heavy atom. The minimum absolute atomic E-state index is 0.174. The van der Waals surface area contributed by atoms with Gasteiger partial charge in [-0.25, -0.2) is 4.98 Å². The fourth-order valence-electron chi connectivity index (χ4n) is 2.90. The minimum Gasteiger partial charge on any atom is -0.497 e. The zero-order valence-electron chi connectivity index (χ0n) is 15.2. The molecule has 1 fully saturated rings. The largest absolute Gasteiger partial charge is 0.497 e. The standard InChI is InChI=1S/C21H18ClN3O3/c1-28-14-8-9-17(16(11-14)20(26)23-13-6-7-13)25-21(27)18-10-12-4-2-3-5-15(12)19(22)24-18/h2-5,8-11,13H,6-7H2,1H3,(H,23,26)(H,25,27). The van der Waals surface area contributed by atoms with Crippen LogP contribution in [-0.4, -0.2) is 29.9 Å². The summed E-state index contributed by atoms with van der Waals surface area (Å²) in [7, 11) is 1.52. The minimum atomic E-state index is -0.446. The highest BCUT2D eigenvalue weighted by Gasteiger charge is 2.25. The van der Waals surface area contributed by atoms with Gasteiger partial charge in [0.1, 0.15) is 16.6 Å². The molecule has 142 valence electrons. The monoisotopic (exact) mass is 395 g/mol. The van der Waals surface area contributed by atoms with Crippen molar-refractivity contribution < 1.29 is 14.3 Å². The number of methoxy groups -OCH3 is 1. The van der Waals surface area contributed by atoms with E-state index in [4.69, 9.17) is 16.3 Å². The van der Waals surface area contributed by atoms with E-state index in [2.05, 4.69) is 15.6 Å². The molecule has 2 N–H and O–H groups in total. The fourth-order valence-corrected chi connectivity index (χ4v) is 3.16. The molecule has 3 aromatic rings. The van der Waals surface area contributed by atoms with Crippen molar-refractivity contribution in [3.8, 4) is 5.75 Å². The molecular weight excluding hydrogens is 378 g/mol. The topological polar surface area (TPSA) is 80.3 Å². The lowest BCUT2D eigenvalue weighted by Gasteiger charge is -2.13. The predicted molar refractivity (Wildman–Crippen MR) is 108 cm³/mol. The third kappa shape index (κ3) is 3.77. The third-order valence-corrected chi connectivity index (χ3v) is 4.85. The lowest BCUT2D eigenvalue weighted by molar-refractivity contribution is 0.0951. The van der Waals surface area contributed by atoms with Gasteiger partial charge in [-0.3, -0.25) is 9.59 Å². The molecule has 1 aliphatic rings. The first-order valence-corrected chi connectivity index (χ1v) is 9.28. The van der Waals surface area contributed by atoms with Crippen LogP contribution in [0.4, 0.5) is 5.69 Å². The van der Waals surface area contributed by atoms with Crippen LogP contribution in [0, 0.1) is 0 Å². The van der Waals surface area contributed by atoms with E-state index < -0.39 is 5.91 Å². The maximum Gasteiger partial charge on any atom is 0.274 e. The van der Waals surface area contributed by atoms with E-state index in [1.54, 1.807) is 24.3 Å². The molecule has 1 saturated carbocycles. The van der Waals surface area contributed by atoms with Gasteiger partial charge in [-0.05, 0) is 42.5 Å². The molecule has 1 aliphatic carbocycles. The highest BCUT2D eigenvalue weighted by atomic mass is 35.5. The molecule has 0 spiro atoms. The summed E-state index contributed by atoms with van der Waals surface area (Å²) in [6.45, 7) is 0. The predicted octanol–water partition coefficient (Wildman–Crippen LogP) is 4.04. The van der Waals surface area contributed by atoms with Gasteiger partial charge in [-0.15, -0.1) is 0 Å². The SMILES string of the molecule is COc1ccc(NC(=O)c2cc3ccccc3c(Cl)n2)c(C(=O)NC2CC2)c1. The molecule has 7 heteroatoms. The molecule has 2 amide bonds. The number of ether oxygens (including phenoxy) is 1. The van der Waals surface area contributed by atoms with E-state index in [1.807, 2.05) is 24.3 Å². The smallest absolute Gasteiger partial charge is 0.274 e. The first-order valence-electron chi connectivity index (χ1n) is 8.90. The number of hydrogen-bond donors (Lipinski definition) is 2. The van der Waals surface area contributed by atoms with E-state index in [0.29, 0.717) is 17.0 Å². The Bertz CT molecular complexity index is 1080. The number of halogens is 1. The van der Waals surface area contributed by atoms with Crippen LogP contribution in [-0.2, 0) is 0 Å². The summed E-state index contributed by atoms with van der Waals surface area (Å²) in [5.41, 5.74) is 0.898. The second-order valence-electron chi connectivity index (χ2n) is 6.63. The van der Waals surface area contributed by atoms with Crippen molar-refractivity contribution in [2.45, 2.75) is 18.9 Å². The Kier molecular flexibility index (Phi) is 4.88. The van der Waals surface area contributed by atoms with Gasteiger partial charge in [0, 0.05) is 11.4 Å². The number of rotatable bonds is 5. The molecule has 28 heavy (non-hydrogen) atoms. The summed E-state index contributed by atoms with van der Waals surface area (Å²) < 4.78 is 5.21. The lowest BCUT2D eigenvalue weighted by Crippen LogP contribution is -2.27. The van der Waals surface area contributed by atoms with E-state index in [1.165, 1.54) is 7.11 Å². The first kappa shape index (κ1) is 18.3. The summed E-state index contributed by atoms with van der Waals surface area (Å²) in [6.07, 6.45) is 1.94. The average molecular weight is 396 g/mol. The number of amides is 2. The maximum absolute atomic E-state index is 12.8. The molecule has 0 bridgehead atoms. The van der Waals surface area contributed by atoms with Crippen LogP contribution in [0.2, 0.25) is 5.15 Å². The second kappa shape index (κ2) is 7.48. The van der Waals surface area contributed by atoms with E-state index in [0.717, 1.165) is 23.6 Å². The highest BCUT2D eigenvalue weighted by Crippen LogP contribution is 2.26. The van der Waals surface area contributed by atoms with Crippen molar-refractivity contribution in [3.63, 3.8) is 0 Å². The van der Waals surface area contributed by atoms with Crippen molar-refractivity contribution in [2.24, 2.45) is 0 Å². The molecule has 2 aromatic carbocycles. The number of carbonyl (C=O) groups excluding carboxylic acids is 2.